The van der Waals surface area contributed by atoms with Crippen LogP contribution in [0.15, 0.2) is 15.7 Å². The average molecular weight is 212 g/mol. The van der Waals surface area contributed by atoms with Gasteiger partial charge in [-0.2, -0.15) is 0 Å². The number of carbonyl (C=O) groups excluding carboxylic acids is 1. The van der Waals surface area contributed by atoms with Gasteiger partial charge in [0.05, 0.1) is 12.2 Å². The average Bonchev–Trinajstić information content (AvgIpc) is 2.63. The summed E-state index contributed by atoms with van der Waals surface area (Å²) in [5, 5.41) is 14.7. The Morgan fingerprint density at radius 2 is 2.47 bits per heavy atom. The van der Waals surface area contributed by atoms with Crippen molar-refractivity contribution in [3.05, 3.63) is 17.5 Å². The van der Waals surface area contributed by atoms with Gasteiger partial charge in [-0.25, -0.2) is 0 Å². The molecule has 82 valence electrons. The molecular formula is C8H12N4O3. The Morgan fingerprint density at radius 1 is 1.80 bits per heavy atom. The number of aromatic nitrogens is 1. The van der Waals surface area contributed by atoms with E-state index >= 15 is 0 Å². The molecule has 0 saturated carbocycles. The first kappa shape index (κ1) is 11.0. The second-order valence-corrected chi connectivity index (χ2v) is 3.09. The lowest BCUT2D eigenvalue weighted by Crippen LogP contribution is -2.35. The maximum atomic E-state index is 11.6. The Kier molecular flexibility index (Phi) is 3.27. The normalized spacial score (nSPS) is 11.5. The van der Waals surface area contributed by atoms with E-state index in [-0.39, 0.29) is 24.0 Å². The van der Waals surface area contributed by atoms with Crippen molar-refractivity contribution in [2.75, 3.05) is 13.6 Å². The van der Waals surface area contributed by atoms with Crippen LogP contribution >= 0.6 is 0 Å². The van der Waals surface area contributed by atoms with Crippen LogP contribution in [0.25, 0.3) is 0 Å². The molecule has 0 aliphatic rings. The van der Waals surface area contributed by atoms with Crippen molar-refractivity contribution >= 4 is 11.7 Å². The van der Waals surface area contributed by atoms with Gasteiger partial charge in [-0.3, -0.25) is 4.79 Å². The number of amides is 1. The van der Waals surface area contributed by atoms with Crippen molar-refractivity contribution in [1.82, 2.24) is 10.1 Å². The molecule has 1 amide bonds. The predicted octanol–water partition coefficient (Wildman–Crippen LogP) is -0.199. The van der Waals surface area contributed by atoms with Crippen LogP contribution in [0.3, 0.4) is 0 Å². The van der Waals surface area contributed by atoms with Gasteiger partial charge in [0.15, 0.2) is 5.84 Å². The topological polar surface area (TPSA) is 105 Å². The van der Waals surface area contributed by atoms with Crippen LogP contribution in [-0.2, 0) is 0 Å². The molecule has 0 aromatic carbocycles. The van der Waals surface area contributed by atoms with Gasteiger partial charge in [-0.15, -0.1) is 0 Å². The van der Waals surface area contributed by atoms with Crippen LogP contribution in [0.1, 0.15) is 16.2 Å². The summed E-state index contributed by atoms with van der Waals surface area (Å²) in [6.07, 6.45) is 0. The summed E-state index contributed by atoms with van der Waals surface area (Å²) in [7, 11) is 1.51. The van der Waals surface area contributed by atoms with Crippen LogP contribution in [-0.4, -0.2) is 40.6 Å². The molecule has 1 aromatic rings. The summed E-state index contributed by atoms with van der Waals surface area (Å²) in [4.78, 5) is 12.9. The molecule has 1 heterocycles. The van der Waals surface area contributed by atoms with E-state index in [0.29, 0.717) is 5.69 Å². The van der Waals surface area contributed by atoms with Crippen molar-refractivity contribution in [1.29, 1.82) is 0 Å². The number of nitrogens with two attached hydrogens (primary N) is 1. The Morgan fingerprint density at radius 3 is 2.93 bits per heavy atom. The van der Waals surface area contributed by atoms with Crippen LogP contribution < -0.4 is 5.73 Å². The number of nitrogens with zero attached hydrogens (tertiary/aromatic N) is 3. The number of oxime groups is 1. The number of amidine groups is 1. The monoisotopic (exact) mass is 212 g/mol. The number of rotatable bonds is 3. The first-order chi connectivity index (χ1) is 7.04. The van der Waals surface area contributed by atoms with Crippen LogP contribution in [0.4, 0.5) is 0 Å². The van der Waals surface area contributed by atoms with E-state index in [1.807, 2.05) is 0 Å². The third-order valence-corrected chi connectivity index (χ3v) is 1.71. The Bertz CT molecular complexity index is 385. The minimum atomic E-state index is -0.373. The Labute approximate surface area is 86.1 Å². The summed E-state index contributed by atoms with van der Waals surface area (Å²) in [5.74, 6) is -0.301. The molecule has 7 heteroatoms. The fourth-order valence-electron chi connectivity index (χ4n) is 0.999. The number of carbonyl (C=O) groups is 1. The maximum absolute atomic E-state index is 11.6. The summed E-state index contributed by atoms with van der Waals surface area (Å²) >= 11 is 0. The first-order valence-corrected chi connectivity index (χ1v) is 4.19. The van der Waals surface area contributed by atoms with Crippen LogP contribution in [0, 0.1) is 6.92 Å². The van der Waals surface area contributed by atoms with E-state index in [1.54, 1.807) is 6.92 Å². The zero-order valence-corrected chi connectivity index (χ0v) is 8.47. The SMILES string of the molecule is Cc1cc(C(=O)N(C)CC(N)=NO)on1. The van der Waals surface area contributed by atoms with Gasteiger partial charge in [-0.1, -0.05) is 10.3 Å². The maximum Gasteiger partial charge on any atom is 0.292 e. The van der Waals surface area contributed by atoms with Gasteiger partial charge >= 0.3 is 0 Å². The van der Waals surface area contributed by atoms with Crippen LogP contribution in [0.5, 0.6) is 0 Å². The number of hydrogen-bond acceptors (Lipinski definition) is 5. The fraction of sp³-hybridized carbons (Fsp3) is 0.375. The summed E-state index contributed by atoms with van der Waals surface area (Å²) in [6, 6.07) is 1.52. The smallest absolute Gasteiger partial charge is 0.292 e. The molecule has 0 aliphatic carbocycles. The lowest BCUT2D eigenvalue weighted by atomic mass is 10.3. The molecule has 0 spiro atoms. The molecule has 0 saturated heterocycles. The Balaban J connectivity index is 2.69. The summed E-state index contributed by atoms with van der Waals surface area (Å²) in [6.45, 7) is 1.74. The molecule has 0 unspecified atom stereocenters. The third kappa shape index (κ3) is 2.70. The summed E-state index contributed by atoms with van der Waals surface area (Å²) < 4.78 is 4.78. The van der Waals surface area contributed by atoms with Crippen LogP contribution in [0.2, 0.25) is 0 Å². The largest absolute Gasteiger partial charge is 0.409 e. The lowest BCUT2D eigenvalue weighted by Gasteiger charge is -2.13. The van der Waals surface area contributed by atoms with E-state index in [1.165, 1.54) is 18.0 Å². The Hall–Kier alpha value is -2.05. The molecule has 0 fully saturated rings. The zero-order valence-electron chi connectivity index (χ0n) is 8.47. The standard InChI is InChI=1S/C8H12N4O3/c1-5-3-6(15-11-5)8(13)12(2)4-7(9)10-14/h3,14H,4H2,1-2H3,(H2,9,10). The highest BCUT2D eigenvalue weighted by molar-refractivity contribution is 5.94. The van der Waals surface area contributed by atoms with Gasteiger partial charge in [0.2, 0.25) is 5.76 Å². The lowest BCUT2D eigenvalue weighted by molar-refractivity contribution is 0.0772. The van der Waals surface area contributed by atoms with Gasteiger partial charge < -0.3 is 20.4 Å². The molecule has 1 aromatic heterocycles. The van der Waals surface area contributed by atoms with Crippen molar-refractivity contribution in [2.45, 2.75) is 6.92 Å². The van der Waals surface area contributed by atoms with Crippen molar-refractivity contribution in [2.24, 2.45) is 10.9 Å². The molecule has 0 bridgehead atoms. The second kappa shape index (κ2) is 4.45. The number of aryl methyl sites for hydroxylation is 1. The van der Waals surface area contributed by atoms with E-state index in [9.17, 15) is 4.79 Å². The highest BCUT2D eigenvalue weighted by atomic mass is 16.5. The van der Waals surface area contributed by atoms with Gasteiger partial charge in [-0.05, 0) is 6.92 Å². The highest BCUT2D eigenvalue weighted by Gasteiger charge is 2.17. The first-order valence-electron chi connectivity index (χ1n) is 4.19. The second-order valence-electron chi connectivity index (χ2n) is 3.09. The van der Waals surface area contributed by atoms with Gasteiger partial charge in [0, 0.05) is 13.1 Å². The zero-order chi connectivity index (χ0) is 11.4. The minimum absolute atomic E-state index is 0.0229. The predicted molar refractivity (Wildman–Crippen MR) is 51.6 cm³/mol. The molecule has 3 N–H and O–H groups in total. The molecule has 0 atom stereocenters. The molecular weight excluding hydrogens is 200 g/mol. The van der Waals surface area contributed by atoms with E-state index in [4.69, 9.17) is 15.5 Å². The van der Waals surface area contributed by atoms with Crippen molar-refractivity contribution in [3.8, 4) is 0 Å². The molecule has 7 nitrogen and oxygen atoms in total. The van der Waals surface area contributed by atoms with Gasteiger partial charge in [0.25, 0.3) is 5.91 Å². The molecule has 1 rings (SSSR count). The fourth-order valence-corrected chi connectivity index (χ4v) is 0.999. The quantitative estimate of drug-likeness (QED) is 0.312. The van der Waals surface area contributed by atoms with Crippen molar-refractivity contribution in [3.63, 3.8) is 0 Å². The van der Waals surface area contributed by atoms with Crippen molar-refractivity contribution < 1.29 is 14.5 Å². The molecule has 0 radical (unpaired) electrons. The van der Waals surface area contributed by atoms with E-state index in [2.05, 4.69) is 10.3 Å². The molecule has 15 heavy (non-hydrogen) atoms. The molecule has 0 aliphatic heterocycles. The van der Waals surface area contributed by atoms with E-state index < -0.39 is 0 Å². The van der Waals surface area contributed by atoms with E-state index in [0.717, 1.165) is 0 Å². The summed E-state index contributed by atoms with van der Waals surface area (Å²) in [5.41, 5.74) is 5.88. The number of likely N-dealkylation sites (N-methyl/N-ethyl adjacent to an activating group) is 1. The minimum Gasteiger partial charge on any atom is -0.409 e. The highest BCUT2D eigenvalue weighted by Crippen LogP contribution is 2.05. The third-order valence-electron chi connectivity index (χ3n) is 1.71. The number of hydrogen-bond donors (Lipinski definition) is 2. The van der Waals surface area contributed by atoms with Gasteiger partial charge in [0.1, 0.15) is 0 Å².